The van der Waals surface area contributed by atoms with Crippen molar-refractivity contribution in [1.29, 1.82) is 0 Å². The molecule has 0 spiro atoms. The van der Waals surface area contributed by atoms with E-state index in [1.54, 1.807) is 47.0 Å². The summed E-state index contributed by atoms with van der Waals surface area (Å²) in [5, 5.41) is 0.486. The third-order valence-corrected chi connectivity index (χ3v) is 6.44. The van der Waals surface area contributed by atoms with Crippen molar-refractivity contribution in [3.05, 3.63) is 105 Å². The Hall–Kier alpha value is -4.06. The molecule has 0 N–H and O–H groups in total. The number of rotatable bonds is 4. The van der Waals surface area contributed by atoms with Crippen molar-refractivity contribution in [3.8, 4) is 5.69 Å². The smallest absolute Gasteiger partial charge is 0.266 e. The number of fused-ring (bicyclic) bond motifs is 2. The number of carbonyl (C=O) groups is 2. The molecule has 1 aliphatic rings. The summed E-state index contributed by atoms with van der Waals surface area (Å²) in [6, 6.07) is 19.0. The van der Waals surface area contributed by atoms with Crippen LogP contribution in [0, 0.1) is 13.8 Å². The molecule has 6 nitrogen and oxygen atoms in total. The quantitative estimate of drug-likeness (QED) is 0.432. The van der Waals surface area contributed by atoms with Crippen molar-refractivity contribution in [2.75, 3.05) is 0 Å². The second kappa shape index (κ2) is 7.81. The molecule has 0 saturated carbocycles. The Morgan fingerprint density at radius 1 is 0.818 bits per heavy atom. The zero-order valence-electron chi connectivity index (χ0n) is 18.7. The third-order valence-electron chi connectivity index (χ3n) is 6.44. The SMILES string of the molecule is CCC(c1nc2ccccc2c(=O)n1-c1cccc(C)c1C)N1C(=O)c2ccccc2C1=O. The van der Waals surface area contributed by atoms with Crippen LogP contribution in [0.2, 0.25) is 0 Å². The van der Waals surface area contributed by atoms with E-state index >= 15 is 0 Å². The minimum Gasteiger partial charge on any atom is -0.269 e. The van der Waals surface area contributed by atoms with Crippen molar-refractivity contribution in [3.63, 3.8) is 0 Å². The van der Waals surface area contributed by atoms with E-state index in [4.69, 9.17) is 4.98 Å². The maximum Gasteiger partial charge on any atom is 0.266 e. The fourth-order valence-electron chi connectivity index (χ4n) is 4.56. The minimum absolute atomic E-state index is 0.223. The van der Waals surface area contributed by atoms with Crippen LogP contribution in [0.1, 0.15) is 57.1 Å². The van der Waals surface area contributed by atoms with Gasteiger partial charge in [-0.3, -0.25) is 23.9 Å². The number of hydrogen-bond donors (Lipinski definition) is 0. The van der Waals surface area contributed by atoms with Crippen molar-refractivity contribution >= 4 is 22.7 Å². The van der Waals surface area contributed by atoms with E-state index in [1.165, 1.54) is 4.90 Å². The van der Waals surface area contributed by atoms with Gasteiger partial charge in [-0.1, -0.05) is 43.3 Å². The Morgan fingerprint density at radius 2 is 1.45 bits per heavy atom. The van der Waals surface area contributed by atoms with Crippen LogP contribution in [0.25, 0.3) is 16.6 Å². The van der Waals surface area contributed by atoms with E-state index in [2.05, 4.69) is 0 Å². The Bertz CT molecular complexity index is 1470. The van der Waals surface area contributed by atoms with Crippen molar-refractivity contribution in [2.24, 2.45) is 0 Å². The summed E-state index contributed by atoms with van der Waals surface area (Å²) < 4.78 is 1.57. The van der Waals surface area contributed by atoms with Gasteiger partial charge in [0.1, 0.15) is 5.82 Å². The van der Waals surface area contributed by atoms with Crippen LogP contribution < -0.4 is 5.56 Å². The molecule has 6 heteroatoms. The Morgan fingerprint density at radius 3 is 2.12 bits per heavy atom. The highest BCUT2D eigenvalue weighted by molar-refractivity contribution is 6.21. The van der Waals surface area contributed by atoms with E-state index in [0.29, 0.717) is 40.0 Å². The van der Waals surface area contributed by atoms with Gasteiger partial charge in [0.05, 0.1) is 33.8 Å². The first-order chi connectivity index (χ1) is 15.9. The van der Waals surface area contributed by atoms with Gasteiger partial charge >= 0.3 is 0 Å². The summed E-state index contributed by atoms with van der Waals surface area (Å²) >= 11 is 0. The molecule has 4 aromatic rings. The largest absolute Gasteiger partial charge is 0.269 e. The predicted molar refractivity (Wildman–Crippen MR) is 127 cm³/mol. The Labute approximate surface area is 191 Å². The number of aryl methyl sites for hydroxylation is 1. The summed E-state index contributed by atoms with van der Waals surface area (Å²) in [5.41, 5.74) is 3.74. The molecule has 1 unspecified atom stereocenters. The number of hydrogen-bond acceptors (Lipinski definition) is 4. The van der Waals surface area contributed by atoms with Gasteiger partial charge in [0, 0.05) is 0 Å². The molecule has 5 rings (SSSR count). The van der Waals surface area contributed by atoms with E-state index < -0.39 is 6.04 Å². The molecule has 0 fully saturated rings. The molecule has 0 aliphatic carbocycles. The molecule has 1 aromatic heterocycles. The first-order valence-corrected chi connectivity index (χ1v) is 11.0. The number of carbonyl (C=O) groups excluding carboxylic acids is 2. The van der Waals surface area contributed by atoms with E-state index in [9.17, 15) is 14.4 Å². The highest BCUT2D eigenvalue weighted by atomic mass is 16.2. The van der Waals surface area contributed by atoms with E-state index in [1.807, 2.05) is 45.0 Å². The Kier molecular flexibility index (Phi) is 4.93. The zero-order valence-corrected chi connectivity index (χ0v) is 18.7. The minimum atomic E-state index is -0.699. The van der Waals surface area contributed by atoms with Gasteiger partial charge in [0.2, 0.25) is 0 Å². The van der Waals surface area contributed by atoms with Crippen LogP contribution in [0.15, 0.2) is 71.5 Å². The molecule has 2 heterocycles. The number of amides is 2. The lowest BCUT2D eigenvalue weighted by Gasteiger charge is -2.28. The van der Waals surface area contributed by atoms with E-state index in [-0.39, 0.29) is 17.4 Å². The maximum atomic E-state index is 13.8. The number of nitrogens with zero attached hydrogens (tertiary/aromatic N) is 3. The lowest BCUT2D eigenvalue weighted by atomic mass is 10.1. The number of benzene rings is 3. The second-order valence-corrected chi connectivity index (χ2v) is 8.30. The Balaban J connectivity index is 1.80. The number of imide groups is 1. The van der Waals surface area contributed by atoms with Crippen LogP contribution in [0.5, 0.6) is 0 Å². The van der Waals surface area contributed by atoms with Crippen LogP contribution >= 0.6 is 0 Å². The van der Waals surface area contributed by atoms with Crippen LogP contribution in [0.4, 0.5) is 0 Å². The first kappa shape index (κ1) is 20.8. The fourth-order valence-corrected chi connectivity index (χ4v) is 4.56. The van der Waals surface area contributed by atoms with Crippen molar-refractivity contribution < 1.29 is 9.59 Å². The molecule has 33 heavy (non-hydrogen) atoms. The van der Waals surface area contributed by atoms with Gasteiger partial charge in [-0.25, -0.2) is 4.98 Å². The zero-order chi connectivity index (χ0) is 23.3. The average Bonchev–Trinajstić information content (AvgIpc) is 3.08. The topological polar surface area (TPSA) is 72.3 Å². The predicted octanol–water partition coefficient (Wildman–Crippen LogP) is 4.75. The van der Waals surface area contributed by atoms with Gasteiger partial charge < -0.3 is 0 Å². The first-order valence-electron chi connectivity index (χ1n) is 11.0. The summed E-state index contributed by atoms with van der Waals surface area (Å²) in [6.07, 6.45) is 0.418. The van der Waals surface area contributed by atoms with Crippen molar-refractivity contribution in [2.45, 2.75) is 33.2 Å². The molecule has 164 valence electrons. The lowest BCUT2D eigenvalue weighted by Crippen LogP contribution is -2.38. The highest BCUT2D eigenvalue weighted by Crippen LogP contribution is 2.34. The van der Waals surface area contributed by atoms with Gasteiger partial charge in [-0.15, -0.1) is 0 Å². The molecule has 1 aliphatic heterocycles. The molecular weight excluding hydrogens is 414 g/mol. The average molecular weight is 437 g/mol. The van der Waals surface area contributed by atoms with E-state index in [0.717, 1.165) is 11.1 Å². The molecule has 3 aromatic carbocycles. The number of aromatic nitrogens is 2. The highest BCUT2D eigenvalue weighted by Gasteiger charge is 2.41. The maximum absolute atomic E-state index is 13.8. The summed E-state index contributed by atoms with van der Waals surface area (Å²) in [6.45, 7) is 5.83. The number of para-hydroxylation sites is 1. The molecule has 2 amide bonds. The van der Waals surface area contributed by atoms with Gasteiger partial charge in [0.25, 0.3) is 17.4 Å². The summed E-state index contributed by atoms with van der Waals surface area (Å²) in [5.74, 6) is -0.348. The normalized spacial score (nSPS) is 14.1. The molecule has 0 saturated heterocycles. The summed E-state index contributed by atoms with van der Waals surface area (Å²) in [4.78, 5) is 46.4. The summed E-state index contributed by atoms with van der Waals surface area (Å²) in [7, 11) is 0. The molecule has 1 atom stereocenters. The van der Waals surface area contributed by atoms with Crippen molar-refractivity contribution in [1.82, 2.24) is 14.5 Å². The molecule has 0 bridgehead atoms. The fraction of sp³-hybridized carbons (Fsp3) is 0.185. The van der Waals surface area contributed by atoms with Gasteiger partial charge in [-0.2, -0.15) is 0 Å². The second-order valence-electron chi connectivity index (χ2n) is 8.30. The lowest BCUT2D eigenvalue weighted by molar-refractivity contribution is 0.0568. The molecular formula is C27H23N3O3. The van der Waals surface area contributed by atoms with Crippen LogP contribution in [-0.4, -0.2) is 26.3 Å². The monoisotopic (exact) mass is 437 g/mol. The van der Waals surface area contributed by atoms with Crippen LogP contribution in [0.3, 0.4) is 0 Å². The third kappa shape index (κ3) is 3.09. The van der Waals surface area contributed by atoms with Crippen LogP contribution in [-0.2, 0) is 0 Å². The van der Waals surface area contributed by atoms with Gasteiger partial charge in [0.15, 0.2) is 0 Å². The molecule has 0 radical (unpaired) electrons. The standard InChI is InChI=1S/C27H23N3O3/c1-4-22(30-25(31)18-11-5-6-12-19(18)26(30)32)24-28-21-14-8-7-13-20(21)27(33)29(24)23-15-9-10-16(2)17(23)3/h5-15,22H,4H2,1-3H3. The van der Waals surface area contributed by atoms with Gasteiger partial charge in [-0.05, 0) is 61.7 Å².